The fourth-order valence-corrected chi connectivity index (χ4v) is 2.10. The molecule has 0 saturated heterocycles. The molecule has 4 nitrogen and oxygen atoms in total. The number of ketones is 1. The van der Waals surface area contributed by atoms with Crippen LogP contribution >= 0.6 is 10.2 Å². The number of carbonyl (C=O) groups excluding carboxylic acids is 1. The molecule has 1 heterocycles. The van der Waals surface area contributed by atoms with Crippen LogP contribution in [0.4, 0.5) is 19.4 Å². The maximum atomic E-state index is 12.4. The Morgan fingerprint density at radius 1 is 1.24 bits per heavy atom. The zero-order valence-electron chi connectivity index (χ0n) is 12.9. The molecule has 0 aliphatic carbocycles. The van der Waals surface area contributed by atoms with Gasteiger partial charge in [0.05, 0.1) is 5.76 Å². The number of halogens is 5. The van der Waals surface area contributed by atoms with E-state index in [1.165, 1.54) is 37.0 Å². The summed E-state index contributed by atoms with van der Waals surface area (Å²) in [5.74, 6) is -0.0625. The molecule has 1 N–H and O–H groups in total. The minimum atomic E-state index is -9.60. The molecule has 0 unspecified atom stereocenters. The van der Waals surface area contributed by atoms with Crippen molar-refractivity contribution in [1.82, 2.24) is 9.78 Å². The van der Waals surface area contributed by atoms with Crippen LogP contribution in [0.2, 0.25) is 0 Å². The summed E-state index contributed by atoms with van der Waals surface area (Å²) < 4.78 is 63.1. The molecule has 25 heavy (non-hydrogen) atoms. The van der Waals surface area contributed by atoms with E-state index in [4.69, 9.17) is 5.11 Å². The Hall–Kier alpha value is -1.71. The predicted octanol–water partition coefficient (Wildman–Crippen LogP) is 5.36. The summed E-state index contributed by atoms with van der Waals surface area (Å²) in [4.78, 5) is 8.06. The normalized spacial score (nSPS) is 14.3. The third kappa shape index (κ3) is 8.28. The van der Waals surface area contributed by atoms with Gasteiger partial charge in [0.15, 0.2) is 5.78 Å². The van der Waals surface area contributed by atoms with Crippen LogP contribution < -0.4 is 0 Å². The van der Waals surface area contributed by atoms with Crippen molar-refractivity contribution in [3.63, 3.8) is 0 Å². The minimum absolute atomic E-state index is 0. The summed E-state index contributed by atoms with van der Waals surface area (Å²) >= 11 is 0. The molecule has 0 aliphatic heterocycles. The molecule has 11 heteroatoms. The maximum Gasteiger partial charge on any atom is 0.274 e. The van der Waals surface area contributed by atoms with Gasteiger partial charge in [-0.05, 0) is 30.5 Å². The molecule has 0 spiro atoms. The first-order valence-electron chi connectivity index (χ1n) is 6.33. The number of benzene rings is 1. The van der Waals surface area contributed by atoms with Gasteiger partial charge in [-0.3, -0.25) is 9.48 Å². The fourth-order valence-electron chi connectivity index (χ4n) is 1.49. The Balaban J connectivity index is 0.000000620. The standard InChI is InChI=1S/C9H6F5N2S.C5H8O2.Ir/c10-17(11,12,13,14)9-4-2-8(3-5-9)16-7-1-6-15-16;1-4(6)3-5(2)7;/h1-2,4-7H;3,6H,1-2H3;/q-1;;/b;4-3-;. The molecule has 1 aromatic carbocycles. The Labute approximate surface area is 154 Å². The van der Waals surface area contributed by atoms with Crippen LogP contribution in [0.5, 0.6) is 0 Å². The van der Waals surface area contributed by atoms with Gasteiger partial charge < -0.3 is 5.11 Å². The first kappa shape index (κ1) is 23.3. The predicted molar refractivity (Wildman–Crippen MR) is 80.9 cm³/mol. The molecule has 0 amide bonds. The van der Waals surface area contributed by atoms with Crippen molar-refractivity contribution in [2.45, 2.75) is 18.7 Å². The molecule has 1 radical (unpaired) electrons. The summed E-state index contributed by atoms with van der Waals surface area (Å²) in [7, 11) is -9.60. The second-order valence-corrected chi connectivity index (χ2v) is 7.13. The van der Waals surface area contributed by atoms with Gasteiger partial charge in [-0.25, -0.2) is 0 Å². The molecule has 2 rings (SSSR count). The molecule has 0 atom stereocenters. The summed E-state index contributed by atoms with van der Waals surface area (Å²) in [6, 6.07) is 5.13. The zero-order chi connectivity index (χ0) is 18.7. The first-order valence-corrected chi connectivity index (χ1v) is 8.28. The smallest absolute Gasteiger partial charge is 0.274 e. The van der Waals surface area contributed by atoms with Gasteiger partial charge >= 0.3 is 0 Å². The second-order valence-electron chi connectivity index (χ2n) is 4.73. The van der Waals surface area contributed by atoms with E-state index in [0.29, 0.717) is 6.07 Å². The molecule has 0 aliphatic rings. The van der Waals surface area contributed by atoms with Crippen LogP contribution in [0.1, 0.15) is 13.8 Å². The number of rotatable bonds is 3. The Morgan fingerprint density at radius 2 is 1.84 bits per heavy atom. The number of hydrogen-bond acceptors (Lipinski definition) is 3. The average Bonchev–Trinajstić information content (AvgIpc) is 2.89. The number of aliphatic hydroxyl groups excluding tert-OH is 1. The number of nitrogens with zero attached hydrogens (tertiary/aromatic N) is 2. The molecule has 1 aromatic heterocycles. The monoisotopic (exact) mass is 562 g/mol. The molecular weight excluding hydrogens is 547 g/mol. The van der Waals surface area contributed by atoms with Crippen LogP contribution in [-0.2, 0) is 24.9 Å². The van der Waals surface area contributed by atoms with Crippen LogP contribution in [0.15, 0.2) is 53.4 Å². The van der Waals surface area contributed by atoms with Crippen molar-refractivity contribution in [2.24, 2.45) is 0 Å². The maximum absolute atomic E-state index is 12.4. The topological polar surface area (TPSA) is 55.1 Å². The van der Waals surface area contributed by atoms with Crippen LogP contribution in [-0.4, -0.2) is 20.7 Å². The van der Waals surface area contributed by atoms with Crippen LogP contribution in [0.3, 0.4) is 0 Å². The Kier molecular flexibility index (Phi) is 6.77. The van der Waals surface area contributed by atoms with Crippen molar-refractivity contribution >= 4 is 16.0 Å². The second kappa shape index (κ2) is 7.27. The van der Waals surface area contributed by atoms with Gasteiger partial charge in [-0.1, -0.05) is 0 Å². The van der Waals surface area contributed by atoms with Gasteiger partial charge in [0, 0.05) is 38.6 Å². The van der Waals surface area contributed by atoms with Crippen LogP contribution in [0.25, 0.3) is 5.69 Å². The van der Waals surface area contributed by atoms with E-state index >= 15 is 0 Å². The van der Waals surface area contributed by atoms with E-state index < -0.39 is 15.1 Å². The van der Waals surface area contributed by atoms with E-state index in [1.807, 2.05) is 0 Å². The molecule has 143 valence electrons. The van der Waals surface area contributed by atoms with E-state index in [-0.39, 0.29) is 43.4 Å². The first-order chi connectivity index (χ1) is 10.7. The van der Waals surface area contributed by atoms with Crippen molar-refractivity contribution in [3.8, 4) is 5.69 Å². The molecular formula is C14H14F5IrN2O2S-. The van der Waals surface area contributed by atoms with Gasteiger partial charge in [-0.15, -0.1) is 31.6 Å². The quantitative estimate of drug-likeness (QED) is 0.238. The number of aliphatic hydroxyl groups is 1. The minimum Gasteiger partial charge on any atom is -0.512 e. The summed E-state index contributed by atoms with van der Waals surface area (Å²) in [6.07, 6.45) is 4.04. The Morgan fingerprint density at radius 3 is 2.12 bits per heavy atom. The number of carbonyl (C=O) groups is 1. The van der Waals surface area contributed by atoms with E-state index in [0.717, 1.165) is 6.07 Å². The molecule has 0 saturated carbocycles. The van der Waals surface area contributed by atoms with Gasteiger partial charge in [0.2, 0.25) is 0 Å². The number of aromatic nitrogens is 2. The van der Waals surface area contributed by atoms with Crippen molar-refractivity contribution in [2.75, 3.05) is 0 Å². The summed E-state index contributed by atoms with van der Waals surface area (Å²) in [5, 5.41) is 12.1. The largest absolute Gasteiger partial charge is 0.512 e. The van der Waals surface area contributed by atoms with Gasteiger partial charge in [-0.2, -0.15) is 17.2 Å². The number of hydrogen-bond donors (Lipinski definition) is 1. The molecule has 0 fully saturated rings. The molecule has 0 bridgehead atoms. The van der Waals surface area contributed by atoms with Gasteiger partial charge in [0.1, 0.15) is 0 Å². The average molecular weight is 562 g/mol. The SMILES string of the molecule is CC(=O)/C=C(/C)O.FS(F)(F)(F)(F)c1c[c-]c(-n2cccn2)cc1.[Ir]. The molecule has 2 aromatic rings. The number of allylic oxidation sites excluding steroid dienone is 2. The zero-order valence-corrected chi connectivity index (χ0v) is 16.1. The fraction of sp³-hybridized carbons (Fsp3) is 0.143. The Bertz CT molecular complexity index is 740. The summed E-state index contributed by atoms with van der Waals surface area (Å²) in [5.41, 5.74) is 0.153. The van der Waals surface area contributed by atoms with E-state index in [2.05, 4.69) is 11.2 Å². The van der Waals surface area contributed by atoms with Crippen molar-refractivity contribution in [3.05, 3.63) is 54.6 Å². The third-order valence-electron chi connectivity index (χ3n) is 2.38. The van der Waals surface area contributed by atoms with E-state index in [9.17, 15) is 24.2 Å². The third-order valence-corrected chi connectivity index (χ3v) is 3.52. The van der Waals surface area contributed by atoms with Crippen molar-refractivity contribution < 1.29 is 49.4 Å². The summed E-state index contributed by atoms with van der Waals surface area (Å²) in [6.45, 7) is 2.85. The van der Waals surface area contributed by atoms with Crippen molar-refractivity contribution in [1.29, 1.82) is 0 Å². The van der Waals surface area contributed by atoms with Gasteiger partial charge in [0.25, 0.3) is 10.2 Å². The van der Waals surface area contributed by atoms with Crippen LogP contribution in [0, 0.1) is 6.07 Å². The van der Waals surface area contributed by atoms with E-state index in [1.54, 1.807) is 6.07 Å².